The van der Waals surface area contributed by atoms with E-state index in [1.54, 1.807) is 12.4 Å². The van der Waals surface area contributed by atoms with Crippen molar-refractivity contribution < 1.29 is 5.11 Å². The number of pyridine rings is 1. The minimum Gasteiger partial charge on any atom is -0.396 e. The molecule has 0 amide bonds. The average Bonchev–Trinajstić information content (AvgIpc) is 2.38. The third-order valence-electron chi connectivity index (χ3n) is 2.47. The maximum absolute atomic E-state index is 8.65. The van der Waals surface area contributed by atoms with Crippen LogP contribution in [0.15, 0.2) is 24.5 Å². The highest BCUT2D eigenvalue weighted by atomic mass is 16.2. The van der Waals surface area contributed by atoms with Crippen LogP contribution in [0.2, 0.25) is 0 Å². The zero-order valence-electron chi connectivity index (χ0n) is 9.63. The lowest BCUT2D eigenvalue weighted by atomic mass is 10.2. The van der Waals surface area contributed by atoms with Gasteiger partial charge >= 0.3 is 0 Å². The summed E-state index contributed by atoms with van der Waals surface area (Å²) in [4.78, 5) is 12.7. The highest BCUT2D eigenvalue weighted by molar-refractivity contribution is 5.71. The van der Waals surface area contributed by atoms with Gasteiger partial charge < -0.3 is 10.4 Å². The molecule has 0 spiro atoms. The molecule has 0 aliphatic heterocycles. The van der Waals surface area contributed by atoms with Gasteiger partial charge in [0.25, 0.3) is 0 Å². The number of aliphatic hydroxyl groups excluding tert-OH is 1. The van der Waals surface area contributed by atoms with E-state index < -0.39 is 0 Å². The van der Waals surface area contributed by atoms with Gasteiger partial charge in [-0.05, 0) is 31.4 Å². The quantitative estimate of drug-likeness (QED) is 0.740. The predicted octanol–water partition coefficient (Wildman–Crippen LogP) is 1.60. The fourth-order valence-electron chi connectivity index (χ4n) is 1.58. The van der Waals surface area contributed by atoms with Gasteiger partial charge in [0.05, 0.1) is 0 Å². The zero-order chi connectivity index (χ0) is 11.9. The number of hydrogen-bond acceptors (Lipinski definition) is 5. The smallest absolute Gasteiger partial charge is 0.180 e. The van der Waals surface area contributed by atoms with Crippen molar-refractivity contribution in [2.45, 2.75) is 19.3 Å². The first-order valence-electron chi connectivity index (χ1n) is 5.82. The van der Waals surface area contributed by atoms with Crippen LogP contribution in [0.4, 0.5) is 5.82 Å². The van der Waals surface area contributed by atoms with Gasteiger partial charge in [-0.15, -0.1) is 0 Å². The van der Waals surface area contributed by atoms with E-state index >= 15 is 0 Å². The largest absolute Gasteiger partial charge is 0.396 e. The molecule has 0 saturated carbocycles. The molecule has 17 heavy (non-hydrogen) atoms. The molecule has 2 aromatic heterocycles. The van der Waals surface area contributed by atoms with Gasteiger partial charge in [-0.3, -0.25) is 4.98 Å². The Balaban J connectivity index is 1.90. The van der Waals surface area contributed by atoms with E-state index in [0.717, 1.165) is 37.1 Å². The number of nitrogens with one attached hydrogen (secondary N) is 1. The Hall–Kier alpha value is -1.75. The number of rotatable bonds is 6. The third kappa shape index (κ3) is 3.35. The number of hydrogen-bond donors (Lipinski definition) is 2. The first-order valence-corrected chi connectivity index (χ1v) is 5.82. The minimum absolute atomic E-state index is 0.268. The van der Waals surface area contributed by atoms with Crippen molar-refractivity contribution in [3.05, 3.63) is 24.5 Å². The summed E-state index contributed by atoms with van der Waals surface area (Å²) in [5.41, 5.74) is 1.46. The van der Waals surface area contributed by atoms with E-state index in [2.05, 4.69) is 20.3 Å². The maximum atomic E-state index is 8.65. The second-order valence-electron chi connectivity index (χ2n) is 3.81. The van der Waals surface area contributed by atoms with Crippen LogP contribution in [0.1, 0.15) is 19.3 Å². The number of unbranched alkanes of at least 4 members (excludes halogenated alkanes) is 2. The second-order valence-corrected chi connectivity index (χ2v) is 3.81. The van der Waals surface area contributed by atoms with E-state index in [1.165, 1.54) is 0 Å². The Labute approximate surface area is 99.9 Å². The molecule has 90 valence electrons. The van der Waals surface area contributed by atoms with Crippen LogP contribution in [0.3, 0.4) is 0 Å². The number of nitrogens with zero attached hydrogens (tertiary/aromatic N) is 3. The Morgan fingerprint density at radius 1 is 1.06 bits per heavy atom. The molecular formula is C12H16N4O. The third-order valence-corrected chi connectivity index (χ3v) is 2.47. The summed E-state index contributed by atoms with van der Waals surface area (Å²) in [7, 11) is 0. The van der Waals surface area contributed by atoms with E-state index in [1.807, 2.05) is 12.1 Å². The first kappa shape index (κ1) is 11.7. The number of fused-ring (bicyclic) bond motifs is 1. The van der Waals surface area contributed by atoms with Crippen molar-refractivity contribution in [2.75, 3.05) is 18.5 Å². The number of aliphatic hydroxyl groups is 1. The van der Waals surface area contributed by atoms with E-state index in [9.17, 15) is 0 Å². The van der Waals surface area contributed by atoms with Crippen molar-refractivity contribution in [3.8, 4) is 0 Å². The molecule has 0 aromatic carbocycles. The van der Waals surface area contributed by atoms with Gasteiger partial charge in [0.2, 0.25) is 0 Å². The van der Waals surface area contributed by atoms with Gasteiger partial charge in [0.15, 0.2) is 5.65 Å². The Morgan fingerprint density at radius 2 is 1.94 bits per heavy atom. The molecule has 5 nitrogen and oxygen atoms in total. The minimum atomic E-state index is 0.268. The second kappa shape index (κ2) is 6.10. The van der Waals surface area contributed by atoms with Crippen LogP contribution in [0, 0.1) is 0 Å². The molecule has 0 atom stereocenters. The van der Waals surface area contributed by atoms with E-state index in [-0.39, 0.29) is 6.61 Å². The molecule has 0 aliphatic rings. The molecule has 0 radical (unpaired) electrons. The fraction of sp³-hybridized carbons (Fsp3) is 0.417. The fourth-order valence-corrected chi connectivity index (χ4v) is 1.58. The molecule has 0 fully saturated rings. The molecular weight excluding hydrogens is 216 g/mol. The zero-order valence-corrected chi connectivity index (χ0v) is 9.63. The lowest BCUT2D eigenvalue weighted by molar-refractivity contribution is 0.283. The van der Waals surface area contributed by atoms with Crippen LogP contribution >= 0.6 is 0 Å². The molecule has 2 rings (SSSR count). The molecule has 0 saturated heterocycles. The molecule has 0 unspecified atom stereocenters. The molecule has 0 bridgehead atoms. The summed E-state index contributed by atoms with van der Waals surface area (Å²) in [5, 5.41) is 11.9. The predicted molar refractivity (Wildman–Crippen MR) is 66.8 cm³/mol. The Kier molecular flexibility index (Phi) is 4.21. The van der Waals surface area contributed by atoms with Crippen LogP contribution in [-0.4, -0.2) is 33.2 Å². The SMILES string of the molecule is OCCCCCNc1ccc2nccnc2n1. The lowest BCUT2D eigenvalue weighted by Crippen LogP contribution is -2.04. The van der Waals surface area contributed by atoms with Crippen molar-refractivity contribution >= 4 is 17.0 Å². The van der Waals surface area contributed by atoms with Gasteiger partial charge in [0, 0.05) is 25.5 Å². The summed E-state index contributed by atoms with van der Waals surface area (Å²) in [5.74, 6) is 0.821. The van der Waals surface area contributed by atoms with E-state index in [0.29, 0.717) is 5.65 Å². The summed E-state index contributed by atoms with van der Waals surface area (Å²) < 4.78 is 0. The number of anilines is 1. The highest BCUT2D eigenvalue weighted by Crippen LogP contribution is 2.10. The Morgan fingerprint density at radius 3 is 2.82 bits per heavy atom. The standard InChI is InChI=1S/C12H16N4O/c17-9-3-1-2-6-14-11-5-4-10-12(16-11)15-8-7-13-10/h4-5,7-8,17H,1-3,6,9H2,(H,14,15,16). The normalized spacial score (nSPS) is 10.6. The van der Waals surface area contributed by atoms with Crippen molar-refractivity contribution in [2.24, 2.45) is 0 Å². The van der Waals surface area contributed by atoms with Gasteiger partial charge in [-0.2, -0.15) is 0 Å². The summed E-state index contributed by atoms with van der Waals surface area (Å²) in [6.07, 6.45) is 6.21. The maximum Gasteiger partial charge on any atom is 0.180 e. The lowest BCUT2D eigenvalue weighted by Gasteiger charge is -2.05. The van der Waals surface area contributed by atoms with Crippen LogP contribution in [-0.2, 0) is 0 Å². The van der Waals surface area contributed by atoms with E-state index in [4.69, 9.17) is 5.11 Å². The summed E-state index contributed by atoms with van der Waals surface area (Å²) in [6, 6.07) is 3.81. The summed E-state index contributed by atoms with van der Waals surface area (Å²) in [6.45, 7) is 1.13. The first-order chi connectivity index (χ1) is 8.40. The van der Waals surface area contributed by atoms with Crippen LogP contribution in [0.25, 0.3) is 11.2 Å². The molecule has 2 aromatic rings. The van der Waals surface area contributed by atoms with Crippen molar-refractivity contribution in [1.29, 1.82) is 0 Å². The number of aromatic nitrogens is 3. The topological polar surface area (TPSA) is 70.9 Å². The van der Waals surface area contributed by atoms with Gasteiger partial charge in [0.1, 0.15) is 11.3 Å². The monoisotopic (exact) mass is 232 g/mol. The molecule has 2 heterocycles. The van der Waals surface area contributed by atoms with Gasteiger partial charge in [-0.1, -0.05) is 0 Å². The van der Waals surface area contributed by atoms with Crippen LogP contribution < -0.4 is 5.32 Å². The molecule has 0 aliphatic carbocycles. The average molecular weight is 232 g/mol. The van der Waals surface area contributed by atoms with Gasteiger partial charge in [-0.25, -0.2) is 9.97 Å². The van der Waals surface area contributed by atoms with Crippen molar-refractivity contribution in [1.82, 2.24) is 15.0 Å². The molecule has 2 N–H and O–H groups in total. The molecule has 5 heteroatoms. The summed E-state index contributed by atoms with van der Waals surface area (Å²) >= 11 is 0. The highest BCUT2D eigenvalue weighted by Gasteiger charge is 1.98. The Bertz CT molecular complexity index is 475. The van der Waals surface area contributed by atoms with Crippen LogP contribution in [0.5, 0.6) is 0 Å². The van der Waals surface area contributed by atoms with Crippen molar-refractivity contribution in [3.63, 3.8) is 0 Å².